The van der Waals surface area contributed by atoms with E-state index in [1.165, 1.54) is 10.7 Å². The van der Waals surface area contributed by atoms with E-state index in [0.717, 1.165) is 42.5 Å². The quantitative estimate of drug-likeness (QED) is 0.683. The van der Waals surface area contributed by atoms with E-state index < -0.39 is 0 Å². The van der Waals surface area contributed by atoms with Crippen LogP contribution in [0.2, 0.25) is 0 Å². The van der Waals surface area contributed by atoms with Crippen molar-refractivity contribution in [2.75, 3.05) is 0 Å². The second-order valence-corrected chi connectivity index (χ2v) is 5.89. The summed E-state index contributed by atoms with van der Waals surface area (Å²) in [5, 5.41) is 4.17. The molecule has 114 valence electrons. The van der Waals surface area contributed by atoms with Crippen LogP contribution in [-0.2, 0) is 19.4 Å². The zero-order chi connectivity index (χ0) is 15.8. The van der Waals surface area contributed by atoms with Crippen LogP contribution in [0.15, 0.2) is 41.3 Å². The number of rotatable bonds is 2. The molecule has 1 aromatic carbocycles. The third kappa shape index (κ3) is 2.15. The largest absolute Gasteiger partial charge is 0.334 e. The van der Waals surface area contributed by atoms with Crippen molar-refractivity contribution < 1.29 is 0 Å². The predicted octanol–water partition coefficient (Wildman–Crippen LogP) is 2.97. The zero-order valence-electron chi connectivity index (χ0n) is 12.7. The first kappa shape index (κ1) is 13.8. The molecule has 2 heterocycles. The van der Waals surface area contributed by atoms with Gasteiger partial charge in [-0.2, -0.15) is 9.61 Å². The fraction of sp³-hybridized carbons (Fsp3) is 0.278. The van der Waals surface area contributed by atoms with Crippen LogP contribution in [0.5, 0.6) is 0 Å². The van der Waals surface area contributed by atoms with Crippen molar-refractivity contribution in [3.63, 3.8) is 0 Å². The number of hydrogen-bond acceptors (Lipinski definition) is 2. The van der Waals surface area contributed by atoms with E-state index in [1.807, 2.05) is 18.2 Å². The molecule has 1 aliphatic carbocycles. The fourth-order valence-electron chi connectivity index (χ4n) is 3.42. The van der Waals surface area contributed by atoms with Crippen LogP contribution in [0.1, 0.15) is 29.7 Å². The Balaban J connectivity index is 2.03. The van der Waals surface area contributed by atoms with Crippen molar-refractivity contribution in [2.24, 2.45) is 0 Å². The normalized spacial score (nSPS) is 13.7. The average molecular weight is 304 g/mol. The minimum Gasteiger partial charge on any atom is -0.334 e. The van der Waals surface area contributed by atoms with Gasteiger partial charge in [-0.05, 0) is 31.2 Å². The predicted molar refractivity (Wildman–Crippen MR) is 87.9 cm³/mol. The van der Waals surface area contributed by atoms with Crippen LogP contribution in [0.3, 0.4) is 0 Å². The minimum absolute atomic E-state index is 0.0612. The lowest BCUT2D eigenvalue weighted by Crippen LogP contribution is -2.29. The maximum Gasteiger partial charge on any atom is 0.276 e. The molecule has 4 rings (SSSR count). The van der Waals surface area contributed by atoms with Crippen molar-refractivity contribution in [1.29, 1.82) is 0 Å². The number of nitrogens with zero attached hydrogens (tertiary/aromatic N) is 4. The number of hydrogen-bond donors (Lipinski definition) is 0. The molecule has 5 nitrogen and oxygen atoms in total. The number of fused-ring (bicyclic) bond motifs is 2. The van der Waals surface area contributed by atoms with Crippen LogP contribution in [-0.4, -0.2) is 14.2 Å². The van der Waals surface area contributed by atoms with E-state index in [9.17, 15) is 4.79 Å². The summed E-state index contributed by atoms with van der Waals surface area (Å²) in [4.78, 5) is 16.2. The highest BCUT2D eigenvalue weighted by Crippen LogP contribution is 2.26. The second kappa shape index (κ2) is 5.40. The van der Waals surface area contributed by atoms with Gasteiger partial charge < -0.3 is 4.57 Å². The highest BCUT2D eigenvalue weighted by molar-refractivity contribution is 5.69. The standard InChI is InChI=1S/C18H16N4O/c1-19-15-11-20-22-17(15)21(12-13-7-3-2-4-8-13)16-10-6-5-9-14(16)18(22)23/h2-4,7-8,11H,5-6,9-10,12H2. The Hall–Kier alpha value is -2.87. The first-order valence-electron chi connectivity index (χ1n) is 7.83. The van der Waals surface area contributed by atoms with E-state index in [1.54, 1.807) is 0 Å². The Morgan fingerprint density at radius 2 is 1.96 bits per heavy atom. The Bertz CT molecular complexity index is 976. The summed E-state index contributed by atoms with van der Waals surface area (Å²) in [5.74, 6) is 0. The van der Waals surface area contributed by atoms with Gasteiger partial charge in [-0.3, -0.25) is 4.79 Å². The van der Waals surface area contributed by atoms with Gasteiger partial charge in [0.15, 0.2) is 0 Å². The summed E-state index contributed by atoms with van der Waals surface area (Å²) in [6, 6.07) is 10.1. The summed E-state index contributed by atoms with van der Waals surface area (Å²) in [6.45, 7) is 8.04. The molecule has 0 fully saturated rings. The fourth-order valence-corrected chi connectivity index (χ4v) is 3.42. The maximum atomic E-state index is 12.7. The van der Waals surface area contributed by atoms with Crippen molar-refractivity contribution >= 4 is 11.3 Å². The second-order valence-electron chi connectivity index (χ2n) is 5.89. The molecule has 0 radical (unpaired) electrons. The van der Waals surface area contributed by atoms with Crippen molar-refractivity contribution in [1.82, 2.24) is 14.2 Å². The lowest BCUT2D eigenvalue weighted by molar-refractivity contribution is 0.599. The molecule has 0 bridgehead atoms. The van der Waals surface area contributed by atoms with Gasteiger partial charge in [-0.1, -0.05) is 30.3 Å². The molecule has 5 heteroatoms. The Kier molecular flexibility index (Phi) is 3.23. The van der Waals surface area contributed by atoms with Gasteiger partial charge in [0.25, 0.3) is 5.56 Å². The Labute approximate surface area is 133 Å². The third-order valence-electron chi connectivity index (χ3n) is 4.50. The highest BCUT2D eigenvalue weighted by Gasteiger charge is 2.22. The first-order valence-corrected chi connectivity index (χ1v) is 7.83. The van der Waals surface area contributed by atoms with Crippen LogP contribution in [0, 0.1) is 6.57 Å². The van der Waals surface area contributed by atoms with E-state index in [0.29, 0.717) is 17.9 Å². The van der Waals surface area contributed by atoms with Crippen molar-refractivity contribution in [3.8, 4) is 0 Å². The lowest BCUT2D eigenvalue weighted by Gasteiger charge is -2.22. The van der Waals surface area contributed by atoms with Gasteiger partial charge in [-0.25, -0.2) is 4.85 Å². The Morgan fingerprint density at radius 1 is 1.17 bits per heavy atom. The molecule has 0 aliphatic heterocycles. The molecular weight excluding hydrogens is 288 g/mol. The first-order chi connectivity index (χ1) is 11.3. The van der Waals surface area contributed by atoms with Crippen LogP contribution < -0.4 is 5.56 Å². The SMILES string of the molecule is [C-]#[N+]c1cnn2c(=O)c3c(n(Cc4ccccc4)c12)CCCC3. The van der Waals surface area contributed by atoms with Gasteiger partial charge in [0.1, 0.15) is 5.65 Å². The number of aromatic nitrogens is 3. The van der Waals surface area contributed by atoms with Gasteiger partial charge in [0, 0.05) is 17.8 Å². The lowest BCUT2D eigenvalue weighted by atomic mass is 9.96. The molecule has 23 heavy (non-hydrogen) atoms. The minimum atomic E-state index is -0.0612. The van der Waals surface area contributed by atoms with Gasteiger partial charge in [0.2, 0.25) is 5.69 Å². The zero-order valence-corrected chi connectivity index (χ0v) is 12.7. The third-order valence-corrected chi connectivity index (χ3v) is 4.50. The maximum absolute atomic E-state index is 12.7. The van der Waals surface area contributed by atoms with E-state index >= 15 is 0 Å². The molecule has 0 saturated carbocycles. The highest BCUT2D eigenvalue weighted by atomic mass is 16.1. The van der Waals surface area contributed by atoms with Crippen LogP contribution >= 0.6 is 0 Å². The monoisotopic (exact) mass is 304 g/mol. The van der Waals surface area contributed by atoms with Gasteiger partial charge in [0.05, 0.1) is 12.8 Å². The van der Waals surface area contributed by atoms with E-state index in [-0.39, 0.29) is 5.56 Å². The molecule has 0 saturated heterocycles. The molecule has 0 amide bonds. The van der Waals surface area contributed by atoms with E-state index in [2.05, 4.69) is 26.6 Å². The molecule has 0 unspecified atom stereocenters. The molecular formula is C18H16N4O. The summed E-state index contributed by atoms with van der Waals surface area (Å²) < 4.78 is 3.52. The van der Waals surface area contributed by atoms with Gasteiger partial charge >= 0.3 is 0 Å². The van der Waals surface area contributed by atoms with Crippen molar-refractivity contribution in [3.05, 3.63) is 75.1 Å². The molecule has 1 aliphatic rings. The van der Waals surface area contributed by atoms with Gasteiger partial charge in [-0.15, -0.1) is 0 Å². The number of benzene rings is 1. The summed E-state index contributed by atoms with van der Waals surface area (Å²) >= 11 is 0. The molecule has 2 aromatic heterocycles. The smallest absolute Gasteiger partial charge is 0.276 e. The molecule has 0 spiro atoms. The van der Waals surface area contributed by atoms with Crippen LogP contribution in [0.4, 0.5) is 5.69 Å². The van der Waals surface area contributed by atoms with Crippen LogP contribution in [0.25, 0.3) is 10.5 Å². The van der Waals surface area contributed by atoms with E-state index in [4.69, 9.17) is 6.57 Å². The Morgan fingerprint density at radius 3 is 2.74 bits per heavy atom. The molecule has 0 N–H and O–H groups in total. The summed E-state index contributed by atoms with van der Waals surface area (Å²) in [7, 11) is 0. The topological polar surface area (TPSA) is 43.7 Å². The average Bonchev–Trinajstić information content (AvgIpc) is 3.04. The molecule has 3 aromatic rings. The molecule has 0 atom stereocenters. The van der Waals surface area contributed by atoms with Crippen molar-refractivity contribution in [2.45, 2.75) is 32.2 Å². The summed E-state index contributed by atoms with van der Waals surface area (Å²) in [6.07, 6.45) is 5.30. The summed E-state index contributed by atoms with van der Waals surface area (Å²) in [5.41, 5.74) is 4.08.